The van der Waals surface area contributed by atoms with E-state index in [9.17, 15) is 4.79 Å². The van der Waals surface area contributed by atoms with Crippen molar-refractivity contribution in [2.75, 3.05) is 7.11 Å². The lowest BCUT2D eigenvalue weighted by molar-refractivity contribution is 0.0544. The zero-order chi connectivity index (χ0) is 17.0. The number of carbonyl (C=O) groups excluding carboxylic acids is 1. The quantitative estimate of drug-likeness (QED) is 0.567. The van der Waals surface area contributed by atoms with Gasteiger partial charge >= 0.3 is 6.09 Å². The number of para-hydroxylation sites is 1. The van der Waals surface area contributed by atoms with Gasteiger partial charge in [-0.1, -0.05) is 30.9 Å². The standard InChI is InChI=1S/C18H21NO3S/c1-6-13(12-23-21-5)15-11-19(17(20)22-18(2,3)4)16-10-8-7-9-14(15)16/h6-12H,1H2,2-5H3/b13-12+. The van der Waals surface area contributed by atoms with Crippen LogP contribution in [0.1, 0.15) is 26.3 Å². The third-order valence-corrected chi connectivity index (χ3v) is 3.65. The molecule has 4 nitrogen and oxygen atoms in total. The Balaban J connectivity index is 2.56. The molecule has 0 spiro atoms. The van der Waals surface area contributed by atoms with Gasteiger partial charge in [0.15, 0.2) is 0 Å². The third-order valence-electron chi connectivity index (χ3n) is 3.10. The highest BCUT2D eigenvalue weighted by Gasteiger charge is 2.21. The van der Waals surface area contributed by atoms with Gasteiger partial charge in [0.25, 0.3) is 0 Å². The molecule has 0 atom stereocenters. The molecule has 0 amide bonds. The largest absolute Gasteiger partial charge is 0.443 e. The van der Waals surface area contributed by atoms with Crippen LogP contribution >= 0.6 is 12.0 Å². The Morgan fingerprint density at radius 3 is 2.61 bits per heavy atom. The van der Waals surface area contributed by atoms with E-state index in [0.29, 0.717) is 0 Å². The number of benzene rings is 1. The number of hydrogen-bond donors (Lipinski definition) is 0. The number of allylic oxidation sites excluding steroid dienone is 2. The summed E-state index contributed by atoms with van der Waals surface area (Å²) in [7, 11) is 1.60. The number of hydrogen-bond acceptors (Lipinski definition) is 4. The van der Waals surface area contributed by atoms with E-state index in [4.69, 9.17) is 8.92 Å². The van der Waals surface area contributed by atoms with Crippen LogP contribution < -0.4 is 0 Å². The molecule has 0 fully saturated rings. The van der Waals surface area contributed by atoms with Crippen molar-refractivity contribution in [1.29, 1.82) is 0 Å². The van der Waals surface area contributed by atoms with Crippen molar-refractivity contribution in [3.8, 4) is 0 Å². The van der Waals surface area contributed by atoms with Gasteiger partial charge in [0.2, 0.25) is 0 Å². The van der Waals surface area contributed by atoms with Crippen LogP contribution in [0, 0.1) is 0 Å². The molecule has 0 bridgehead atoms. The predicted molar refractivity (Wildman–Crippen MR) is 96.3 cm³/mol. The molecular weight excluding hydrogens is 310 g/mol. The van der Waals surface area contributed by atoms with Crippen LogP contribution in [0.2, 0.25) is 0 Å². The van der Waals surface area contributed by atoms with Crippen LogP contribution in [0.4, 0.5) is 4.79 Å². The van der Waals surface area contributed by atoms with Gasteiger partial charge in [0.1, 0.15) is 5.60 Å². The zero-order valence-electron chi connectivity index (χ0n) is 13.8. The van der Waals surface area contributed by atoms with Crippen molar-refractivity contribution in [2.24, 2.45) is 0 Å². The molecule has 122 valence electrons. The van der Waals surface area contributed by atoms with E-state index in [-0.39, 0.29) is 0 Å². The molecule has 0 aliphatic carbocycles. The lowest BCUT2D eigenvalue weighted by Gasteiger charge is -2.19. The highest BCUT2D eigenvalue weighted by Crippen LogP contribution is 2.30. The fourth-order valence-electron chi connectivity index (χ4n) is 2.19. The first-order valence-corrected chi connectivity index (χ1v) is 8.03. The summed E-state index contributed by atoms with van der Waals surface area (Å²) in [4.78, 5) is 12.5. The van der Waals surface area contributed by atoms with Gasteiger partial charge in [-0.05, 0) is 32.4 Å². The molecule has 0 saturated carbocycles. The van der Waals surface area contributed by atoms with Crippen molar-refractivity contribution in [3.05, 3.63) is 54.1 Å². The van der Waals surface area contributed by atoms with E-state index >= 15 is 0 Å². The Kier molecular flexibility index (Phi) is 5.34. The molecule has 5 heteroatoms. The number of carbonyl (C=O) groups is 1. The van der Waals surface area contributed by atoms with Crippen molar-refractivity contribution in [1.82, 2.24) is 4.57 Å². The van der Waals surface area contributed by atoms with Crippen molar-refractivity contribution in [2.45, 2.75) is 26.4 Å². The van der Waals surface area contributed by atoms with Crippen LogP contribution in [-0.4, -0.2) is 23.4 Å². The zero-order valence-corrected chi connectivity index (χ0v) is 14.6. The van der Waals surface area contributed by atoms with E-state index in [1.807, 2.05) is 50.4 Å². The topological polar surface area (TPSA) is 40.5 Å². The summed E-state index contributed by atoms with van der Waals surface area (Å²) in [5.41, 5.74) is 2.04. The van der Waals surface area contributed by atoms with E-state index in [1.165, 1.54) is 16.6 Å². The summed E-state index contributed by atoms with van der Waals surface area (Å²) in [6.45, 7) is 9.40. The SMILES string of the molecule is C=C/C(=C\SOC)c1cn(C(=O)OC(C)(C)C)c2ccccc12. The average molecular weight is 331 g/mol. The first-order chi connectivity index (χ1) is 10.9. The Morgan fingerprint density at radius 1 is 1.30 bits per heavy atom. The third kappa shape index (κ3) is 4.06. The number of aromatic nitrogens is 1. The Labute approximate surface area is 141 Å². The van der Waals surface area contributed by atoms with E-state index < -0.39 is 11.7 Å². The van der Waals surface area contributed by atoms with Crippen LogP contribution in [0.25, 0.3) is 16.5 Å². The van der Waals surface area contributed by atoms with Gasteiger partial charge in [0.05, 0.1) is 12.6 Å². The molecule has 0 radical (unpaired) electrons. The van der Waals surface area contributed by atoms with Crippen LogP contribution in [0.3, 0.4) is 0 Å². The summed E-state index contributed by atoms with van der Waals surface area (Å²) < 4.78 is 12.0. The molecule has 0 unspecified atom stereocenters. The maximum atomic E-state index is 12.5. The van der Waals surface area contributed by atoms with Gasteiger partial charge in [-0.2, -0.15) is 0 Å². The summed E-state index contributed by atoms with van der Waals surface area (Å²) >= 11 is 1.21. The van der Waals surface area contributed by atoms with Crippen molar-refractivity contribution < 1.29 is 13.7 Å². The molecular formula is C18H21NO3S. The molecule has 2 rings (SSSR count). The minimum Gasteiger partial charge on any atom is -0.443 e. The summed E-state index contributed by atoms with van der Waals surface area (Å²) in [5, 5.41) is 2.81. The number of ether oxygens (including phenoxy) is 1. The van der Waals surface area contributed by atoms with Crippen molar-refractivity contribution in [3.63, 3.8) is 0 Å². The minimum atomic E-state index is -0.550. The molecule has 1 heterocycles. The average Bonchev–Trinajstić information content (AvgIpc) is 2.86. The monoisotopic (exact) mass is 331 g/mol. The normalized spacial score (nSPS) is 12.4. The van der Waals surface area contributed by atoms with Gasteiger partial charge in [0, 0.05) is 34.6 Å². The molecule has 23 heavy (non-hydrogen) atoms. The summed E-state index contributed by atoms with van der Waals surface area (Å²) in [6, 6.07) is 7.71. The van der Waals surface area contributed by atoms with Crippen molar-refractivity contribution >= 4 is 34.6 Å². The molecule has 2 aromatic rings. The smallest absolute Gasteiger partial charge is 0.419 e. The minimum absolute atomic E-state index is 0.400. The predicted octanol–water partition coefficient (Wildman–Crippen LogP) is 5.25. The second kappa shape index (κ2) is 7.06. The van der Waals surface area contributed by atoms with Gasteiger partial charge < -0.3 is 8.92 Å². The summed E-state index contributed by atoms with van der Waals surface area (Å²) in [6.07, 6.45) is 3.12. The molecule has 0 aliphatic rings. The van der Waals surface area contributed by atoms with Gasteiger partial charge in [-0.25, -0.2) is 4.79 Å². The van der Waals surface area contributed by atoms with E-state index in [0.717, 1.165) is 22.0 Å². The maximum Gasteiger partial charge on any atom is 0.419 e. The van der Waals surface area contributed by atoms with Crippen LogP contribution in [-0.2, 0) is 8.92 Å². The first-order valence-electron chi connectivity index (χ1n) is 7.23. The number of rotatable bonds is 4. The Morgan fingerprint density at radius 2 is 2.00 bits per heavy atom. The summed E-state index contributed by atoms with van der Waals surface area (Å²) in [5.74, 6) is 0. The van der Waals surface area contributed by atoms with Crippen LogP contribution in [0.5, 0.6) is 0 Å². The molecule has 0 saturated heterocycles. The maximum absolute atomic E-state index is 12.5. The van der Waals surface area contributed by atoms with Gasteiger partial charge in [-0.3, -0.25) is 4.57 Å². The van der Waals surface area contributed by atoms with E-state index in [1.54, 1.807) is 19.4 Å². The fraction of sp³-hybridized carbons (Fsp3) is 0.278. The fourth-order valence-corrected chi connectivity index (χ4v) is 2.62. The highest BCUT2D eigenvalue weighted by molar-refractivity contribution is 7.97. The highest BCUT2D eigenvalue weighted by atomic mass is 32.2. The Bertz CT molecular complexity index is 753. The number of nitrogens with zero attached hydrogens (tertiary/aromatic N) is 1. The first kappa shape index (κ1) is 17.4. The second-order valence-electron chi connectivity index (χ2n) is 5.95. The molecule has 0 aliphatic heterocycles. The van der Waals surface area contributed by atoms with Crippen LogP contribution in [0.15, 0.2) is 48.5 Å². The molecule has 1 aromatic heterocycles. The number of fused-ring (bicyclic) bond motifs is 1. The molecule has 1 aromatic carbocycles. The van der Waals surface area contributed by atoms with Gasteiger partial charge in [-0.15, -0.1) is 0 Å². The second-order valence-corrected chi connectivity index (χ2v) is 6.71. The lowest BCUT2D eigenvalue weighted by Crippen LogP contribution is -2.26. The Hall–Kier alpha value is -1.98. The lowest BCUT2D eigenvalue weighted by atomic mass is 10.1. The molecule has 0 N–H and O–H groups in total. The van der Waals surface area contributed by atoms with E-state index in [2.05, 4.69) is 6.58 Å².